The molecule has 0 spiro atoms. The van der Waals surface area contributed by atoms with Crippen LogP contribution in [0.2, 0.25) is 0 Å². The molecule has 2 aliphatic rings. The minimum absolute atomic E-state index is 0. The summed E-state index contributed by atoms with van der Waals surface area (Å²) < 4.78 is 0. The van der Waals surface area contributed by atoms with E-state index in [1.165, 1.54) is 12.8 Å². The van der Waals surface area contributed by atoms with Crippen molar-refractivity contribution in [3.63, 3.8) is 0 Å². The van der Waals surface area contributed by atoms with Gasteiger partial charge in [0.15, 0.2) is 5.96 Å². The molecule has 0 unspecified atom stereocenters. The van der Waals surface area contributed by atoms with Gasteiger partial charge in [0.25, 0.3) is 0 Å². The summed E-state index contributed by atoms with van der Waals surface area (Å²) >= 11 is 0. The van der Waals surface area contributed by atoms with Crippen molar-refractivity contribution in [1.82, 2.24) is 15.1 Å². The smallest absolute Gasteiger partial charge is 0.225 e. The molecule has 1 heterocycles. The summed E-state index contributed by atoms with van der Waals surface area (Å²) in [4.78, 5) is 21.1. The van der Waals surface area contributed by atoms with Gasteiger partial charge in [-0.25, -0.2) is 0 Å². The molecule has 0 bridgehead atoms. The van der Waals surface area contributed by atoms with Crippen LogP contribution < -0.4 is 11.1 Å². The Morgan fingerprint density at radius 1 is 1.21 bits per heavy atom. The number of nitrogens with zero attached hydrogens (tertiary/aromatic N) is 3. The molecule has 0 atom stereocenters. The molecular formula is C17H34IN5O. The van der Waals surface area contributed by atoms with Crippen LogP contribution in [0.3, 0.4) is 0 Å². The van der Waals surface area contributed by atoms with Gasteiger partial charge in [0, 0.05) is 51.7 Å². The second-order valence-electron chi connectivity index (χ2n) is 6.70. The summed E-state index contributed by atoms with van der Waals surface area (Å²) in [5.41, 5.74) is 5.83. The molecule has 2 rings (SSSR count). The molecule has 140 valence electrons. The first kappa shape index (κ1) is 21.5. The molecule has 6 nitrogen and oxygen atoms in total. The first-order chi connectivity index (χ1) is 11.2. The molecule has 2 fully saturated rings. The quantitative estimate of drug-likeness (QED) is 0.267. The van der Waals surface area contributed by atoms with Crippen molar-refractivity contribution in [3.8, 4) is 0 Å². The van der Waals surface area contributed by atoms with Gasteiger partial charge in [-0.3, -0.25) is 14.7 Å². The van der Waals surface area contributed by atoms with Gasteiger partial charge in [-0.05, 0) is 19.3 Å². The van der Waals surface area contributed by atoms with Gasteiger partial charge >= 0.3 is 0 Å². The lowest BCUT2D eigenvalue weighted by atomic mass is 10.1. The van der Waals surface area contributed by atoms with Crippen molar-refractivity contribution < 1.29 is 4.79 Å². The third-order valence-corrected chi connectivity index (χ3v) is 4.92. The van der Waals surface area contributed by atoms with Gasteiger partial charge in [0.2, 0.25) is 5.91 Å². The number of amides is 1. The summed E-state index contributed by atoms with van der Waals surface area (Å²) in [5, 5.41) is 3.17. The zero-order valence-corrected chi connectivity index (χ0v) is 17.3. The van der Waals surface area contributed by atoms with E-state index in [9.17, 15) is 4.79 Å². The topological polar surface area (TPSA) is 74.0 Å². The summed E-state index contributed by atoms with van der Waals surface area (Å²) in [6.45, 7) is 8.39. The van der Waals surface area contributed by atoms with Crippen LogP contribution in [-0.2, 0) is 4.79 Å². The molecule has 0 aromatic carbocycles. The van der Waals surface area contributed by atoms with Crippen molar-refractivity contribution in [2.45, 2.75) is 45.4 Å². The van der Waals surface area contributed by atoms with Crippen LogP contribution in [-0.4, -0.2) is 67.5 Å². The number of carbonyl (C=O) groups excluding carboxylic acids is 1. The average Bonchev–Trinajstić information content (AvgIpc) is 3.09. The number of unbranched alkanes of at least 4 members (excludes halogenated alkanes) is 1. The van der Waals surface area contributed by atoms with Crippen molar-refractivity contribution >= 4 is 35.8 Å². The number of hydrogen-bond donors (Lipinski definition) is 2. The van der Waals surface area contributed by atoms with Crippen LogP contribution in [0.25, 0.3) is 0 Å². The van der Waals surface area contributed by atoms with E-state index in [1.807, 2.05) is 0 Å². The van der Waals surface area contributed by atoms with Gasteiger partial charge in [0.05, 0.1) is 0 Å². The summed E-state index contributed by atoms with van der Waals surface area (Å²) in [5.74, 6) is 1.25. The van der Waals surface area contributed by atoms with E-state index in [4.69, 9.17) is 5.73 Å². The van der Waals surface area contributed by atoms with Gasteiger partial charge in [-0.1, -0.05) is 26.2 Å². The normalized spacial score (nSPS) is 20.0. The van der Waals surface area contributed by atoms with E-state index >= 15 is 0 Å². The van der Waals surface area contributed by atoms with E-state index in [0.717, 1.165) is 71.5 Å². The number of nitrogens with two attached hydrogens (primary N) is 1. The Kier molecular flexibility index (Phi) is 10.6. The lowest BCUT2D eigenvalue weighted by Gasteiger charge is -2.36. The van der Waals surface area contributed by atoms with Crippen molar-refractivity contribution in [3.05, 3.63) is 0 Å². The fourth-order valence-electron chi connectivity index (χ4n) is 3.38. The van der Waals surface area contributed by atoms with Crippen LogP contribution in [0.5, 0.6) is 0 Å². The number of guanidine groups is 1. The average molecular weight is 451 g/mol. The highest BCUT2D eigenvalue weighted by molar-refractivity contribution is 14.0. The molecule has 3 N–H and O–H groups in total. The molecule has 1 amide bonds. The third kappa shape index (κ3) is 7.13. The SMILES string of the molecule is CCCCN=C(N)NCCN1CCN(C(=O)C2CCCC2)CC1.I. The van der Waals surface area contributed by atoms with Crippen molar-refractivity contribution in [1.29, 1.82) is 0 Å². The Morgan fingerprint density at radius 3 is 2.50 bits per heavy atom. The molecule has 1 aliphatic carbocycles. The van der Waals surface area contributed by atoms with Crippen LogP contribution >= 0.6 is 24.0 Å². The summed E-state index contributed by atoms with van der Waals surface area (Å²) in [7, 11) is 0. The fourth-order valence-corrected chi connectivity index (χ4v) is 3.38. The van der Waals surface area contributed by atoms with Gasteiger partial charge in [-0.15, -0.1) is 24.0 Å². The Hall–Kier alpha value is -0.570. The number of nitrogens with one attached hydrogen (secondary N) is 1. The standard InChI is InChI=1S/C17H33N5O.HI/c1-2-3-8-19-17(18)20-9-10-21-11-13-22(14-12-21)16(23)15-6-4-5-7-15;/h15H,2-14H2,1H3,(H3,18,19,20);1H. The van der Waals surface area contributed by atoms with E-state index in [0.29, 0.717) is 17.8 Å². The van der Waals surface area contributed by atoms with Crippen LogP contribution in [0.15, 0.2) is 4.99 Å². The van der Waals surface area contributed by atoms with Crippen LogP contribution in [0.1, 0.15) is 45.4 Å². The molecule has 1 saturated heterocycles. The predicted octanol–water partition coefficient (Wildman–Crippen LogP) is 1.64. The highest BCUT2D eigenvalue weighted by atomic mass is 127. The Morgan fingerprint density at radius 2 is 1.88 bits per heavy atom. The number of halogens is 1. The molecule has 1 aliphatic heterocycles. The van der Waals surface area contributed by atoms with E-state index in [1.54, 1.807) is 0 Å². The Labute approximate surface area is 163 Å². The van der Waals surface area contributed by atoms with Crippen molar-refractivity contribution in [2.24, 2.45) is 16.6 Å². The van der Waals surface area contributed by atoms with Gasteiger partial charge in [0.1, 0.15) is 0 Å². The zero-order valence-electron chi connectivity index (χ0n) is 15.0. The molecule has 24 heavy (non-hydrogen) atoms. The maximum absolute atomic E-state index is 12.4. The molecule has 0 aromatic heterocycles. The number of carbonyl (C=O) groups is 1. The summed E-state index contributed by atoms with van der Waals surface area (Å²) in [6.07, 6.45) is 6.87. The summed E-state index contributed by atoms with van der Waals surface area (Å²) in [6, 6.07) is 0. The molecule has 1 saturated carbocycles. The molecule has 7 heteroatoms. The largest absolute Gasteiger partial charge is 0.370 e. The molecular weight excluding hydrogens is 417 g/mol. The Balaban J connectivity index is 0.00000288. The van der Waals surface area contributed by atoms with Crippen LogP contribution in [0, 0.1) is 5.92 Å². The lowest BCUT2D eigenvalue weighted by molar-refractivity contribution is -0.137. The monoisotopic (exact) mass is 451 g/mol. The van der Waals surface area contributed by atoms with E-state index < -0.39 is 0 Å². The van der Waals surface area contributed by atoms with E-state index in [2.05, 4.69) is 27.0 Å². The second-order valence-corrected chi connectivity index (χ2v) is 6.70. The maximum atomic E-state index is 12.4. The van der Waals surface area contributed by atoms with Gasteiger partial charge in [-0.2, -0.15) is 0 Å². The Bertz CT molecular complexity index is 390. The molecule has 0 aromatic rings. The number of hydrogen-bond acceptors (Lipinski definition) is 3. The zero-order chi connectivity index (χ0) is 16.5. The first-order valence-corrected chi connectivity index (χ1v) is 9.25. The predicted molar refractivity (Wildman–Crippen MR) is 110 cm³/mol. The third-order valence-electron chi connectivity index (χ3n) is 4.92. The fraction of sp³-hybridized carbons (Fsp3) is 0.882. The van der Waals surface area contributed by atoms with Gasteiger partial charge < -0.3 is 16.0 Å². The first-order valence-electron chi connectivity index (χ1n) is 9.25. The number of piperazine rings is 1. The van der Waals surface area contributed by atoms with Crippen molar-refractivity contribution in [2.75, 3.05) is 45.8 Å². The molecule has 0 radical (unpaired) electrons. The minimum Gasteiger partial charge on any atom is -0.370 e. The highest BCUT2D eigenvalue weighted by Gasteiger charge is 2.29. The van der Waals surface area contributed by atoms with E-state index in [-0.39, 0.29) is 24.0 Å². The second kappa shape index (κ2) is 11.9. The number of rotatable bonds is 7. The highest BCUT2D eigenvalue weighted by Crippen LogP contribution is 2.26. The number of aliphatic imine (C=N–C) groups is 1. The lowest BCUT2D eigenvalue weighted by Crippen LogP contribution is -2.51. The van der Waals surface area contributed by atoms with Crippen LogP contribution in [0.4, 0.5) is 0 Å². The maximum Gasteiger partial charge on any atom is 0.225 e. The minimum atomic E-state index is 0.